The van der Waals surface area contributed by atoms with Crippen LogP contribution >= 0.6 is 0 Å². The van der Waals surface area contributed by atoms with Gasteiger partial charge in [0.2, 0.25) is 0 Å². The highest BCUT2D eigenvalue weighted by molar-refractivity contribution is 5.74. The maximum absolute atomic E-state index is 5.84. The van der Waals surface area contributed by atoms with Crippen LogP contribution in [0.1, 0.15) is 11.1 Å². The van der Waals surface area contributed by atoms with E-state index in [0.717, 1.165) is 33.9 Å². The van der Waals surface area contributed by atoms with E-state index >= 15 is 0 Å². The van der Waals surface area contributed by atoms with Crippen molar-refractivity contribution in [3.8, 4) is 22.8 Å². The molecular weight excluding hydrogens is 242 g/mol. The summed E-state index contributed by atoms with van der Waals surface area (Å²) in [6.07, 6.45) is 0. The number of aromatic nitrogens is 2. The third kappa shape index (κ3) is 2.12. The summed E-state index contributed by atoms with van der Waals surface area (Å²) < 4.78 is 12.6. The average molecular weight is 261 g/mol. The minimum Gasteiger partial charge on any atom is -0.496 e. The lowest BCUT2D eigenvalue weighted by Gasteiger charge is -2.15. The Hall–Kier alpha value is -2.17. The van der Waals surface area contributed by atoms with E-state index in [2.05, 4.69) is 5.10 Å². The Morgan fingerprint density at radius 3 is 2.26 bits per heavy atom. The molecule has 0 amide bonds. The number of rotatable bonds is 3. The first-order chi connectivity index (χ1) is 8.99. The zero-order valence-corrected chi connectivity index (χ0v) is 11.9. The smallest absolute Gasteiger partial charge is 0.131 e. The molecule has 19 heavy (non-hydrogen) atoms. The number of hydrogen-bond donors (Lipinski definition) is 1. The van der Waals surface area contributed by atoms with Crippen LogP contribution in [-0.4, -0.2) is 24.0 Å². The van der Waals surface area contributed by atoms with Gasteiger partial charge in [0.05, 0.1) is 19.9 Å². The zero-order chi connectivity index (χ0) is 14.2. The number of hydrogen-bond acceptors (Lipinski definition) is 4. The van der Waals surface area contributed by atoms with Crippen molar-refractivity contribution in [1.29, 1.82) is 0 Å². The molecule has 1 heterocycles. The van der Waals surface area contributed by atoms with Crippen molar-refractivity contribution in [2.75, 3.05) is 20.0 Å². The Morgan fingerprint density at radius 1 is 1.11 bits per heavy atom. The Balaban J connectivity index is 2.71. The van der Waals surface area contributed by atoms with Gasteiger partial charge in [0, 0.05) is 18.7 Å². The molecule has 5 nitrogen and oxygen atoms in total. The minimum absolute atomic E-state index is 0.606. The summed E-state index contributed by atoms with van der Waals surface area (Å²) in [5.74, 6) is 2.23. The van der Waals surface area contributed by atoms with Gasteiger partial charge < -0.3 is 15.2 Å². The Bertz CT molecular complexity index is 598. The second-order valence-corrected chi connectivity index (χ2v) is 4.49. The van der Waals surface area contributed by atoms with Crippen LogP contribution in [0.3, 0.4) is 0 Å². The second kappa shape index (κ2) is 4.84. The lowest BCUT2D eigenvalue weighted by atomic mass is 10.0. The molecule has 0 atom stereocenters. The van der Waals surface area contributed by atoms with Crippen molar-refractivity contribution in [1.82, 2.24) is 9.78 Å². The third-order valence-corrected chi connectivity index (χ3v) is 3.41. The van der Waals surface area contributed by atoms with Gasteiger partial charge in [-0.3, -0.25) is 4.68 Å². The molecule has 0 radical (unpaired) electrons. The molecule has 1 aromatic carbocycles. The van der Waals surface area contributed by atoms with Crippen LogP contribution in [0.15, 0.2) is 12.1 Å². The van der Waals surface area contributed by atoms with Gasteiger partial charge in [-0.05, 0) is 31.0 Å². The molecule has 1 aromatic heterocycles. The predicted octanol–water partition coefficient (Wildman–Crippen LogP) is 2.30. The van der Waals surface area contributed by atoms with E-state index in [4.69, 9.17) is 15.2 Å². The molecule has 0 fully saturated rings. The molecular formula is C14H19N3O2. The molecule has 5 heteroatoms. The first-order valence-electron chi connectivity index (χ1n) is 6.01. The SMILES string of the molecule is COc1cc(-c2cc(N)n(C)n2)c(OC)c(C)c1C. The Labute approximate surface area is 112 Å². The molecule has 0 saturated carbocycles. The van der Waals surface area contributed by atoms with E-state index in [1.807, 2.05) is 33.0 Å². The summed E-state index contributed by atoms with van der Waals surface area (Å²) in [5.41, 5.74) is 9.60. The lowest BCUT2D eigenvalue weighted by molar-refractivity contribution is 0.399. The third-order valence-electron chi connectivity index (χ3n) is 3.41. The summed E-state index contributed by atoms with van der Waals surface area (Å²) in [7, 11) is 5.12. The number of nitrogen functional groups attached to an aromatic ring is 1. The van der Waals surface area contributed by atoms with Crippen molar-refractivity contribution >= 4 is 5.82 Å². The van der Waals surface area contributed by atoms with Gasteiger partial charge >= 0.3 is 0 Å². The van der Waals surface area contributed by atoms with Crippen molar-refractivity contribution in [2.24, 2.45) is 7.05 Å². The minimum atomic E-state index is 0.606. The van der Waals surface area contributed by atoms with Gasteiger partial charge in [-0.25, -0.2) is 0 Å². The van der Waals surface area contributed by atoms with Gasteiger partial charge in [0.15, 0.2) is 0 Å². The van der Waals surface area contributed by atoms with E-state index in [1.54, 1.807) is 18.9 Å². The van der Waals surface area contributed by atoms with Crippen molar-refractivity contribution in [3.05, 3.63) is 23.3 Å². The highest BCUT2D eigenvalue weighted by atomic mass is 16.5. The van der Waals surface area contributed by atoms with Crippen LogP contribution in [0.5, 0.6) is 11.5 Å². The fraction of sp³-hybridized carbons (Fsp3) is 0.357. The largest absolute Gasteiger partial charge is 0.496 e. The molecule has 0 spiro atoms. The number of ether oxygens (including phenoxy) is 2. The first-order valence-corrected chi connectivity index (χ1v) is 6.01. The number of methoxy groups -OCH3 is 2. The van der Waals surface area contributed by atoms with E-state index in [-0.39, 0.29) is 0 Å². The average Bonchev–Trinajstić information content (AvgIpc) is 2.72. The topological polar surface area (TPSA) is 62.3 Å². The van der Waals surface area contributed by atoms with Crippen molar-refractivity contribution in [2.45, 2.75) is 13.8 Å². The van der Waals surface area contributed by atoms with Crippen LogP contribution in [0.2, 0.25) is 0 Å². The monoisotopic (exact) mass is 261 g/mol. The van der Waals surface area contributed by atoms with Crippen LogP contribution in [0.4, 0.5) is 5.82 Å². The van der Waals surface area contributed by atoms with Crippen molar-refractivity contribution in [3.63, 3.8) is 0 Å². The number of anilines is 1. The van der Waals surface area contributed by atoms with Gasteiger partial charge in [-0.2, -0.15) is 5.10 Å². The van der Waals surface area contributed by atoms with E-state index in [1.165, 1.54) is 0 Å². The van der Waals surface area contributed by atoms with Gasteiger partial charge in [-0.15, -0.1) is 0 Å². The van der Waals surface area contributed by atoms with E-state index in [9.17, 15) is 0 Å². The predicted molar refractivity (Wildman–Crippen MR) is 75.6 cm³/mol. The summed E-state index contributed by atoms with van der Waals surface area (Å²) in [6.45, 7) is 4.01. The normalized spacial score (nSPS) is 10.6. The number of nitrogens with zero attached hydrogens (tertiary/aromatic N) is 2. The highest BCUT2D eigenvalue weighted by Crippen LogP contribution is 2.39. The quantitative estimate of drug-likeness (QED) is 0.921. The summed E-state index contributed by atoms with van der Waals surface area (Å²) in [5, 5.41) is 4.39. The molecule has 0 saturated heterocycles. The first kappa shape index (κ1) is 13.3. The highest BCUT2D eigenvalue weighted by Gasteiger charge is 2.17. The maximum atomic E-state index is 5.84. The number of nitrogens with two attached hydrogens (primary N) is 1. The molecule has 2 N–H and O–H groups in total. The number of aryl methyl sites for hydroxylation is 1. The summed E-state index contributed by atoms with van der Waals surface area (Å²) in [6, 6.07) is 3.76. The van der Waals surface area contributed by atoms with E-state index in [0.29, 0.717) is 5.82 Å². The zero-order valence-electron chi connectivity index (χ0n) is 11.9. The van der Waals surface area contributed by atoms with Crippen molar-refractivity contribution < 1.29 is 9.47 Å². The molecule has 102 valence electrons. The Kier molecular flexibility index (Phi) is 3.38. The van der Waals surface area contributed by atoms with Gasteiger partial charge in [0.25, 0.3) is 0 Å². The maximum Gasteiger partial charge on any atom is 0.131 e. The molecule has 2 aromatic rings. The van der Waals surface area contributed by atoms with Gasteiger partial charge in [0.1, 0.15) is 17.3 Å². The van der Waals surface area contributed by atoms with Crippen LogP contribution in [-0.2, 0) is 7.05 Å². The molecule has 0 unspecified atom stereocenters. The fourth-order valence-electron chi connectivity index (χ4n) is 2.14. The van der Waals surface area contributed by atoms with Crippen LogP contribution < -0.4 is 15.2 Å². The second-order valence-electron chi connectivity index (χ2n) is 4.49. The molecule has 0 aliphatic heterocycles. The number of benzene rings is 1. The molecule has 0 aliphatic carbocycles. The molecule has 2 rings (SSSR count). The Morgan fingerprint density at radius 2 is 1.79 bits per heavy atom. The van der Waals surface area contributed by atoms with Crippen LogP contribution in [0.25, 0.3) is 11.3 Å². The lowest BCUT2D eigenvalue weighted by Crippen LogP contribution is -1.99. The molecule has 0 aliphatic rings. The summed E-state index contributed by atoms with van der Waals surface area (Å²) in [4.78, 5) is 0. The molecule has 0 bridgehead atoms. The van der Waals surface area contributed by atoms with Crippen LogP contribution in [0, 0.1) is 13.8 Å². The fourth-order valence-corrected chi connectivity index (χ4v) is 2.14. The van der Waals surface area contributed by atoms with Gasteiger partial charge in [-0.1, -0.05) is 0 Å². The summed E-state index contributed by atoms with van der Waals surface area (Å²) >= 11 is 0. The van der Waals surface area contributed by atoms with E-state index < -0.39 is 0 Å². The standard InChI is InChI=1S/C14H19N3O2/c1-8-9(2)14(19-5)10(6-12(8)18-4)11-7-13(15)17(3)16-11/h6-7H,15H2,1-5H3.